The third-order valence-corrected chi connectivity index (χ3v) is 4.78. The standard InChI is InChI=1S/C22H22N4O3/c1-14(2)11-20-23-21-17-9-4-5-10-18(17)25(22(28)26(21)24-20)13-19(27)15-7-6-8-16(12-15)29-3/h4-10,12,14H,11,13H2,1-3H3. The summed E-state index contributed by atoms with van der Waals surface area (Å²) in [5, 5.41) is 5.20. The van der Waals surface area contributed by atoms with Crippen LogP contribution < -0.4 is 10.4 Å². The number of aromatic nitrogens is 4. The van der Waals surface area contributed by atoms with E-state index in [1.54, 1.807) is 31.4 Å². The van der Waals surface area contributed by atoms with Gasteiger partial charge in [-0.1, -0.05) is 38.1 Å². The first-order valence-electron chi connectivity index (χ1n) is 9.52. The highest BCUT2D eigenvalue weighted by atomic mass is 16.5. The normalized spacial score (nSPS) is 11.4. The zero-order valence-electron chi connectivity index (χ0n) is 16.6. The van der Waals surface area contributed by atoms with Gasteiger partial charge >= 0.3 is 5.69 Å². The molecule has 0 radical (unpaired) electrons. The second-order valence-electron chi connectivity index (χ2n) is 7.40. The molecule has 148 valence electrons. The average Bonchev–Trinajstić information content (AvgIpc) is 3.14. The third kappa shape index (κ3) is 3.51. The largest absolute Gasteiger partial charge is 0.497 e. The number of fused-ring (bicyclic) bond motifs is 3. The molecule has 0 aliphatic heterocycles. The summed E-state index contributed by atoms with van der Waals surface area (Å²) in [5.74, 6) is 1.41. The fourth-order valence-electron chi connectivity index (χ4n) is 3.41. The smallest absolute Gasteiger partial charge is 0.351 e. The number of hydrogen-bond donors (Lipinski definition) is 0. The maximum atomic E-state index is 13.2. The molecule has 2 aromatic heterocycles. The van der Waals surface area contributed by atoms with Crippen LogP contribution in [-0.4, -0.2) is 32.1 Å². The molecular formula is C22H22N4O3. The minimum absolute atomic E-state index is 0.0954. The van der Waals surface area contributed by atoms with E-state index in [9.17, 15) is 9.59 Å². The summed E-state index contributed by atoms with van der Waals surface area (Å²) in [5.41, 5.74) is 1.29. The van der Waals surface area contributed by atoms with Crippen molar-refractivity contribution in [2.45, 2.75) is 26.8 Å². The Morgan fingerprint density at radius 1 is 1.14 bits per heavy atom. The van der Waals surface area contributed by atoms with E-state index in [0.717, 1.165) is 5.39 Å². The van der Waals surface area contributed by atoms with Gasteiger partial charge in [-0.2, -0.15) is 4.52 Å². The lowest BCUT2D eigenvalue weighted by atomic mass is 10.1. The highest BCUT2D eigenvalue weighted by Crippen LogP contribution is 2.19. The number of carbonyl (C=O) groups excluding carboxylic acids is 1. The molecule has 0 N–H and O–H groups in total. The molecule has 0 bridgehead atoms. The first-order chi connectivity index (χ1) is 14.0. The Hall–Kier alpha value is -3.48. The molecule has 0 spiro atoms. The van der Waals surface area contributed by atoms with Crippen LogP contribution in [0, 0.1) is 5.92 Å². The van der Waals surface area contributed by atoms with Crippen molar-refractivity contribution in [3.8, 4) is 5.75 Å². The van der Waals surface area contributed by atoms with Crippen molar-refractivity contribution in [1.82, 2.24) is 19.2 Å². The highest BCUT2D eigenvalue weighted by molar-refractivity contribution is 5.98. The van der Waals surface area contributed by atoms with Gasteiger partial charge in [0.15, 0.2) is 17.3 Å². The van der Waals surface area contributed by atoms with Gasteiger partial charge in [0, 0.05) is 17.4 Å². The molecule has 7 nitrogen and oxygen atoms in total. The van der Waals surface area contributed by atoms with Crippen LogP contribution in [0.25, 0.3) is 16.6 Å². The van der Waals surface area contributed by atoms with Crippen molar-refractivity contribution >= 4 is 22.3 Å². The number of para-hydroxylation sites is 1. The van der Waals surface area contributed by atoms with Crippen molar-refractivity contribution in [3.05, 3.63) is 70.4 Å². The molecule has 0 saturated heterocycles. The molecule has 0 amide bonds. The second kappa shape index (κ2) is 7.50. The molecule has 0 unspecified atom stereocenters. The van der Waals surface area contributed by atoms with Gasteiger partial charge in [0.2, 0.25) is 0 Å². The SMILES string of the molecule is COc1cccc(C(=O)Cn2c(=O)n3nc(CC(C)C)nc3c3ccccc32)c1. The summed E-state index contributed by atoms with van der Waals surface area (Å²) in [7, 11) is 1.55. The topological polar surface area (TPSA) is 78.5 Å². The zero-order chi connectivity index (χ0) is 20.5. The van der Waals surface area contributed by atoms with Crippen molar-refractivity contribution in [2.75, 3.05) is 7.11 Å². The van der Waals surface area contributed by atoms with Crippen LogP contribution in [0.3, 0.4) is 0 Å². The lowest BCUT2D eigenvalue weighted by Gasteiger charge is -2.11. The van der Waals surface area contributed by atoms with Crippen molar-refractivity contribution in [1.29, 1.82) is 0 Å². The number of benzene rings is 2. The monoisotopic (exact) mass is 390 g/mol. The number of carbonyl (C=O) groups is 1. The van der Waals surface area contributed by atoms with E-state index >= 15 is 0 Å². The fourth-order valence-corrected chi connectivity index (χ4v) is 3.41. The van der Waals surface area contributed by atoms with Crippen LogP contribution >= 0.6 is 0 Å². The van der Waals surface area contributed by atoms with E-state index < -0.39 is 0 Å². The van der Waals surface area contributed by atoms with Crippen molar-refractivity contribution in [3.63, 3.8) is 0 Å². The molecule has 7 heteroatoms. The van der Waals surface area contributed by atoms with Gasteiger partial charge in [-0.05, 0) is 30.2 Å². The highest BCUT2D eigenvalue weighted by Gasteiger charge is 2.18. The van der Waals surface area contributed by atoms with Gasteiger partial charge in [0.05, 0.1) is 19.2 Å². The Morgan fingerprint density at radius 3 is 2.69 bits per heavy atom. The minimum atomic E-state index is -0.377. The van der Waals surface area contributed by atoms with Crippen LogP contribution in [0.1, 0.15) is 30.0 Å². The van der Waals surface area contributed by atoms with Gasteiger partial charge in [-0.15, -0.1) is 5.10 Å². The molecule has 0 saturated carbocycles. The van der Waals surface area contributed by atoms with Gasteiger partial charge in [0.1, 0.15) is 5.75 Å². The third-order valence-electron chi connectivity index (χ3n) is 4.78. The maximum Gasteiger partial charge on any atom is 0.351 e. The fraction of sp³-hybridized carbons (Fsp3) is 0.273. The lowest BCUT2D eigenvalue weighted by molar-refractivity contribution is 0.0971. The average molecular weight is 390 g/mol. The summed E-state index contributed by atoms with van der Waals surface area (Å²) in [6, 6.07) is 14.4. The first-order valence-corrected chi connectivity index (χ1v) is 9.52. The summed E-state index contributed by atoms with van der Waals surface area (Å²) < 4.78 is 7.96. The quantitative estimate of drug-likeness (QED) is 0.473. The molecule has 0 fully saturated rings. The number of nitrogens with zero attached hydrogens (tertiary/aromatic N) is 4. The van der Waals surface area contributed by atoms with E-state index in [0.29, 0.717) is 40.6 Å². The van der Waals surface area contributed by atoms with Crippen LogP contribution in [0.5, 0.6) is 5.75 Å². The van der Waals surface area contributed by atoms with Crippen LogP contribution in [-0.2, 0) is 13.0 Å². The van der Waals surface area contributed by atoms with Crippen molar-refractivity contribution in [2.24, 2.45) is 5.92 Å². The molecule has 2 aromatic carbocycles. The lowest BCUT2D eigenvalue weighted by Crippen LogP contribution is -2.30. The van der Waals surface area contributed by atoms with Gasteiger partial charge in [0.25, 0.3) is 0 Å². The predicted octanol–water partition coefficient (Wildman–Crippen LogP) is 3.13. The van der Waals surface area contributed by atoms with E-state index in [-0.39, 0.29) is 18.0 Å². The summed E-state index contributed by atoms with van der Waals surface area (Å²) in [6.45, 7) is 4.06. The summed E-state index contributed by atoms with van der Waals surface area (Å²) >= 11 is 0. The predicted molar refractivity (Wildman–Crippen MR) is 111 cm³/mol. The molecule has 4 rings (SSSR count). The zero-order valence-corrected chi connectivity index (χ0v) is 16.6. The Kier molecular flexibility index (Phi) is 4.88. The number of hydrogen-bond acceptors (Lipinski definition) is 5. The second-order valence-corrected chi connectivity index (χ2v) is 7.40. The van der Waals surface area contributed by atoms with E-state index in [1.165, 1.54) is 9.08 Å². The Labute approximate surface area is 167 Å². The number of Topliss-reactive ketones (excluding diaryl/α,β-unsaturated/α-hetero) is 1. The number of ketones is 1. The Bertz CT molecular complexity index is 1270. The number of rotatable bonds is 6. The molecule has 29 heavy (non-hydrogen) atoms. The van der Waals surface area contributed by atoms with Crippen molar-refractivity contribution < 1.29 is 9.53 Å². The van der Waals surface area contributed by atoms with Crippen LogP contribution in [0.2, 0.25) is 0 Å². The van der Waals surface area contributed by atoms with E-state index in [1.807, 2.05) is 24.3 Å². The Balaban J connectivity index is 1.85. The first kappa shape index (κ1) is 18.9. The number of methoxy groups -OCH3 is 1. The molecule has 2 heterocycles. The number of ether oxygens (including phenoxy) is 1. The molecule has 0 atom stereocenters. The van der Waals surface area contributed by atoms with Crippen LogP contribution in [0.4, 0.5) is 0 Å². The summed E-state index contributed by atoms with van der Waals surface area (Å²) in [4.78, 5) is 30.7. The van der Waals surface area contributed by atoms with Crippen LogP contribution in [0.15, 0.2) is 53.3 Å². The Morgan fingerprint density at radius 2 is 1.93 bits per heavy atom. The molecule has 4 aromatic rings. The van der Waals surface area contributed by atoms with E-state index in [2.05, 4.69) is 23.9 Å². The molecular weight excluding hydrogens is 368 g/mol. The molecule has 0 aliphatic carbocycles. The summed E-state index contributed by atoms with van der Waals surface area (Å²) in [6.07, 6.45) is 0.679. The van der Waals surface area contributed by atoms with E-state index in [4.69, 9.17) is 4.74 Å². The van der Waals surface area contributed by atoms with Gasteiger partial charge in [-0.3, -0.25) is 9.36 Å². The van der Waals surface area contributed by atoms with Gasteiger partial charge < -0.3 is 4.74 Å². The van der Waals surface area contributed by atoms with Gasteiger partial charge in [-0.25, -0.2) is 9.78 Å². The minimum Gasteiger partial charge on any atom is -0.497 e. The maximum absolute atomic E-state index is 13.2. The molecule has 0 aliphatic rings.